The van der Waals surface area contributed by atoms with Gasteiger partial charge < -0.3 is 10.1 Å². The molecule has 1 N–H and O–H groups in total. The number of guanidine groups is 1. The lowest BCUT2D eigenvalue weighted by atomic mass is 10.3. The zero-order valence-electron chi connectivity index (χ0n) is 13.4. The van der Waals surface area contributed by atoms with Crippen molar-refractivity contribution in [2.24, 2.45) is 4.99 Å². The van der Waals surface area contributed by atoms with E-state index in [4.69, 9.17) is 4.74 Å². The first-order valence-corrected chi connectivity index (χ1v) is 7.39. The molecule has 0 radical (unpaired) electrons. The van der Waals surface area contributed by atoms with Crippen LogP contribution in [0.15, 0.2) is 35.3 Å². The number of ether oxygens (including phenoxy) is 1. The van der Waals surface area contributed by atoms with Crippen molar-refractivity contribution >= 4 is 17.7 Å². The summed E-state index contributed by atoms with van der Waals surface area (Å²) in [5, 5.41) is 7.72. The van der Waals surface area contributed by atoms with Crippen LogP contribution >= 0.6 is 0 Å². The van der Waals surface area contributed by atoms with Crippen molar-refractivity contribution in [3.05, 3.63) is 36.0 Å². The lowest BCUT2D eigenvalue weighted by molar-refractivity contribution is -0.124. The number of aryl methyl sites for hydroxylation is 1. The molecule has 0 saturated heterocycles. The number of carbonyl (C=O) groups is 1. The molecule has 7 nitrogen and oxygen atoms in total. The Kier molecular flexibility index (Phi) is 4.01. The minimum atomic E-state index is -0.0269. The van der Waals surface area contributed by atoms with Crippen LogP contribution in [-0.4, -0.2) is 46.7 Å². The second-order valence-electron chi connectivity index (χ2n) is 5.28. The van der Waals surface area contributed by atoms with Gasteiger partial charge in [0.05, 0.1) is 25.0 Å². The fourth-order valence-corrected chi connectivity index (χ4v) is 2.48. The number of hydrogen-bond donors (Lipinski definition) is 1. The van der Waals surface area contributed by atoms with Crippen molar-refractivity contribution < 1.29 is 9.53 Å². The first-order chi connectivity index (χ1) is 11.1. The van der Waals surface area contributed by atoms with E-state index in [9.17, 15) is 4.79 Å². The molecule has 0 spiro atoms. The standard InChI is InChI=1S/C16H19N5O2/c1-11-10-15(18-16-17-8-9-20(16)12(2)22)21(19-11)13-4-6-14(23-3)7-5-13/h4-7,10H,8-9H2,1-3H3,(H,17,18). The summed E-state index contributed by atoms with van der Waals surface area (Å²) in [6.07, 6.45) is 0. The topological polar surface area (TPSA) is 71.8 Å². The molecule has 1 aromatic carbocycles. The van der Waals surface area contributed by atoms with Crippen molar-refractivity contribution in [3.8, 4) is 11.4 Å². The second kappa shape index (κ2) is 6.12. The molecular formula is C16H19N5O2. The highest BCUT2D eigenvalue weighted by molar-refractivity contribution is 6.04. The van der Waals surface area contributed by atoms with Gasteiger partial charge in [-0.25, -0.2) is 4.68 Å². The summed E-state index contributed by atoms with van der Waals surface area (Å²) in [6.45, 7) is 4.67. The van der Waals surface area contributed by atoms with Gasteiger partial charge in [0.1, 0.15) is 11.6 Å². The molecule has 0 fully saturated rings. The van der Waals surface area contributed by atoms with E-state index in [-0.39, 0.29) is 5.91 Å². The minimum absolute atomic E-state index is 0.0269. The molecular weight excluding hydrogens is 294 g/mol. The molecule has 1 aliphatic heterocycles. The Balaban J connectivity index is 1.90. The zero-order valence-corrected chi connectivity index (χ0v) is 13.4. The van der Waals surface area contributed by atoms with Crippen LogP contribution in [-0.2, 0) is 4.79 Å². The maximum Gasteiger partial charge on any atom is 0.226 e. The van der Waals surface area contributed by atoms with Gasteiger partial charge in [0, 0.05) is 19.5 Å². The van der Waals surface area contributed by atoms with Gasteiger partial charge in [-0.05, 0) is 31.2 Å². The van der Waals surface area contributed by atoms with Gasteiger partial charge in [-0.1, -0.05) is 0 Å². The third-order valence-electron chi connectivity index (χ3n) is 3.61. The van der Waals surface area contributed by atoms with Crippen LogP contribution in [0.2, 0.25) is 0 Å². The molecule has 1 aliphatic rings. The Bertz CT molecular complexity index is 748. The van der Waals surface area contributed by atoms with Gasteiger partial charge in [0.25, 0.3) is 0 Å². The Labute approximate surface area is 134 Å². The summed E-state index contributed by atoms with van der Waals surface area (Å²) >= 11 is 0. The third-order valence-corrected chi connectivity index (χ3v) is 3.61. The fourth-order valence-electron chi connectivity index (χ4n) is 2.48. The van der Waals surface area contributed by atoms with E-state index < -0.39 is 0 Å². The highest BCUT2D eigenvalue weighted by Gasteiger charge is 2.22. The molecule has 120 valence electrons. The number of amides is 1. The molecule has 0 atom stereocenters. The van der Waals surface area contributed by atoms with Gasteiger partial charge in [-0.15, -0.1) is 0 Å². The van der Waals surface area contributed by atoms with Gasteiger partial charge in [0.15, 0.2) is 0 Å². The number of aromatic nitrogens is 2. The Morgan fingerprint density at radius 1 is 1.30 bits per heavy atom. The average molecular weight is 313 g/mol. The normalized spacial score (nSPS) is 13.9. The van der Waals surface area contributed by atoms with E-state index in [0.717, 1.165) is 22.9 Å². The monoisotopic (exact) mass is 313 g/mol. The Hall–Kier alpha value is -2.83. The van der Waals surface area contributed by atoms with Crippen LogP contribution in [0.4, 0.5) is 5.82 Å². The smallest absolute Gasteiger partial charge is 0.226 e. The number of nitrogens with zero attached hydrogens (tertiary/aromatic N) is 4. The Morgan fingerprint density at radius 3 is 2.70 bits per heavy atom. The minimum Gasteiger partial charge on any atom is -0.497 e. The first-order valence-electron chi connectivity index (χ1n) is 7.39. The molecule has 0 saturated carbocycles. The molecule has 23 heavy (non-hydrogen) atoms. The highest BCUT2D eigenvalue weighted by atomic mass is 16.5. The summed E-state index contributed by atoms with van der Waals surface area (Å²) in [6, 6.07) is 9.53. The SMILES string of the molecule is COc1ccc(-n2nc(C)cc2NC2=NCCN2C(C)=O)cc1. The lowest BCUT2D eigenvalue weighted by Gasteiger charge is -2.17. The molecule has 0 aliphatic carbocycles. The van der Waals surface area contributed by atoms with Gasteiger partial charge >= 0.3 is 0 Å². The molecule has 1 aromatic heterocycles. The molecule has 0 unspecified atom stereocenters. The third kappa shape index (κ3) is 3.03. The zero-order chi connectivity index (χ0) is 16.4. The van der Waals surface area contributed by atoms with Crippen molar-refractivity contribution in [1.82, 2.24) is 14.7 Å². The van der Waals surface area contributed by atoms with Crippen molar-refractivity contribution in [1.29, 1.82) is 0 Å². The largest absolute Gasteiger partial charge is 0.497 e. The summed E-state index contributed by atoms with van der Waals surface area (Å²) in [5.74, 6) is 2.09. The highest BCUT2D eigenvalue weighted by Crippen LogP contribution is 2.20. The molecule has 0 bridgehead atoms. The van der Waals surface area contributed by atoms with E-state index in [1.807, 2.05) is 37.3 Å². The fraction of sp³-hybridized carbons (Fsp3) is 0.312. The van der Waals surface area contributed by atoms with Gasteiger partial charge in [-0.2, -0.15) is 5.10 Å². The Morgan fingerprint density at radius 2 is 2.04 bits per heavy atom. The number of anilines is 1. The predicted molar refractivity (Wildman–Crippen MR) is 88.2 cm³/mol. The molecule has 7 heteroatoms. The van der Waals surface area contributed by atoms with E-state index in [0.29, 0.717) is 19.0 Å². The average Bonchev–Trinajstić information content (AvgIpc) is 3.14. The van der Waals surface area contributed by atoms with Crippen LogP contribution in [0.5, 0.6) is 5.75 Å². The van der Waals surface area contributed by atoms with Crippen molar-refractivity contribution in [2.45, 2.75) is 13.8 Å². The first kappa shape index (κ1) is 15.1. The van der Waals surface area contributed by atoms with E-state index in [1.54, 1.807) is 16.7 Å². The summed E-state index contributed by atoms with van der Waals surface area (Å²) in [5.41, 5.74) is 1.77. The molecule has 1 amide bonds. The number of benzene rings is 1. The number of rotatable bonds is 3. The van der Waals surface area contributed by atoms with E-state index in [2.05, 4.69) is 15.4 Å². The summed E-state index contributed by atoms with van der Waals surface area (Å²) < 4.78 is 6.97. The van der Waals surface area contributed by atoms with Crippen molar-refractivity contribution in [2.75, 3.05) is 25.5 Å². The van der Waals surface area contributed by atoms with Crippen LogP contribution < -0.4 is 10.1 Å². The van der Waals surface area contributed by atoms with Crippen LogP contribution in [0.3, 0.4) is 0 Å². The maximum absolute atomic E-state index is 11.6. The summed E-state index contributed by atoms with van der Waals surface area (Å²) in [4.78, 5) is 17.6. The second-order valence-corrected chi connectivity index (χ2v) is 5.28. The predicted octanol–water partition coefficient (Wildman–Crippen LogP) is 1.82. The van der Waals surface area contributed by atoms with Crippen LogP contribution in [0.25, 0.3) is 5.69 Å². The molecule has 3 rings (SSSR count). The van der Waals surface area contributed by atoms with E-state index >= 15 is 0 Å². The molecule has 2 heterocycles. The lowest BCUT2D eigenvalue weighted by Crippen LogP contribution is -2.37. The molecule has 2 aromatic rings. The van der Waals surface area contributed by atoms with Gasteiger partial charge in [-0.3, -0.25) is 14.7 Å². The van der Waals surface area contributed by atoms with E-state index in [1.165, 1.54) is 6.92 Å². The number of methoxy groups -OCH3 is 1. The number of carbonyl (C=O) groups excluding carboxylic acids is 1. The number of aliphatic imine (C=N–C) groups is 1. The maximum atomic E-state index is 11.6. The number of nitrogens with one attached hydrogen (secondary N) is 1. The summed E-state index contributed by atoms with van der Waals surface area (Å²) in [7, 11) is 1.63. The van der Waals surface area contributed by atoms with Crippen molar-refractivity contribution in [3.63, 3.8) is 0 Å². The number of hydrogen-bond acceptors (Lipinski definition) is 5. The van der Waals surface area contributed by atoms with Crippen LogP contribution in [0, 0.1) is 6.92 Å². The quantitative estimate of drug-likeness (QED) is 0.938. The van der Waals surface area contributed by atoms with Gasteiger partial charge in [0.2, 0.25) is 11.9 Å². The van der Waals surface area contributed by atoms with Crippen LogP contribution in [0.1, 0.15) is 12.6 Å².